The van der Waals surface area contributed by atoms with Crippen LogP contribution in [0.2, 0.25) is 4.82 Å². The van der Waals surface area contributed by atoms with Crippen molar-refractivity contribution in [3.8, 4) is 0 Å². The second-order valence-corrected chi connectivity index (χ2v) is 10.2. The minimum absolute atomic E-state index is 0.104. The van der Waals surface area contributed by atoms with Gasteiger partial charge in [0, 0.05) is 0 Å². The number of halogens is 3. The second-order valence-electron chi connectivity index (χ2n) is 7.55. The molecule has 4 rings (SSSR count). The summed E-state index contributed by atoms with van der Waals surface area (Å²) < 4.78 is 45.4. The van der Waals surface area contributed by atoms with Crippen LogP contribution in [0.5, 0.6) is 0 Å². The number of allylic oxidation sites excluding steroid dienone is 1. The molecular formula is C22H17F3O3Se. The monoisotopic (exact) mass is 466 g/mol. The Morgan fingerprint density at radius 1 is 0.966 bits per heavy atom. The fourth-order valence-corrected chi connectivity index (χ4v) is 6.06. The molecule has 0 bridgehead atoms. The van der Waals surface area contributed by atoms with Crippen molar-refractivity contribution in [2.24, 2.45) is 0 Å². The summed E-state index contributed by atoms with van der Waals surface area (Å²) in [5, 5.41) is 0. The number of ether oxygens (including phenoxy) is 1. The number of benzene rings is 2. The first kappa shape index (κ1) is 19.9. The van der Waals surface area contributed by atoms with E-state index in [1.165, 1.54) is 12.1 Å². The van der Waals surface area contributed by atoms with E-state index in [1.807, 2.05) is 13.8 Å². The average Bonchev–Trinajstić information content (AvgIpc) is 2.67. The number of hydrogen-bond donors (Lipinski definition) is 0. The second kappa shape index (κ2) is 6.85. The Morgan fingerprint density at radius 2 is 1.59 bits per heavy atom. The summed E-state index contributed by atoms with van der Waals surface area (Å²) in [4.78, 5) is 25.1. The Labute approximate surface area is 172 Å². The summed E-state index contributed by atoms with van der Waals surface area (Å²) in [7, 11) is 0. The molecule has 1 heterocycles. The van der Waals surface area contributed by atoms with Gasteiger partial charge in [0.15, 0.2) is 0 Å². The van der Waals surface area contributed by atoms with E-state index >= 15 is 0 Å². The third kappa shape index (κ3) is 3.53. The number of fused-ring (bicyclic) bond motifs is 2. The summed E-state index contributed by atoms with van der Waals surface area (Å²) in [6.45, 7) is 3.83. The Hall–Kier alpha value is -2.37. The minimum atomic E-state index is -4.37. The number of rotatable bonds is 2. The number of carbonyl (C=O) groups is 2. The standard InChI is InChI=1S/C22H17F3O3Se/c1-21(2)17(29-13-9-7-12(8-10-13)22(23,24)25)11-16-19(27)18(26)14-5-3-4-6-15(14)20(16)28-21/h3-10,17H,11H2,1-2H3. The van der Waals surface area contributed by atoms with Gasteiger partial charge in [-0.1, -0.05) is 0 Å². The van der Waals surface area contributed by atoms with E-state index in [4.69, 9.17) is 4.74 Å². The number of hydrogen-bond acceptors (Lipinski definition) is 3. The van der Waals surface area contributed by atoms with Crippen molar-refractivity contribution in [3.63, 3.8) is 0 Å². The van der Waals surface area contributed by atoms with Crippen LogP contribution in [0, 0.1) is 0 Å². The Balaban J connectivity index is 1.66. The molecule has 0 fully saturated rings. The predicted molar refractivity (Wildman–Crippen MR) is 103 cm³/mol. The van der Waals surface area contributed by atoms with E-state index in [0.29, 0.717) is 28.9 Å². The van der Waals surface area contributed by atoms with Gasteiger partial charge in [-0.3, -0.25) is 0 Å². The summed E-state index contributed by atoms with van der Waals surface area (Å²) in [6.07, 6.45) is -4.01. The van der Waals surface area contributed by atoms with Gasteiger partial charge in [0.25, 0.3) is 0 Å². The summed E-state index contributed by atoms with van der Waals surface area (Å²) in [5.41, 5.74) is 0.0204. The molecule has 2 aromatic rings. The van der Waals surface area contributed by atoms with Gasteiger partial charge in [-0.2, -0.15) is 0 Å². The molecule has 0 saturated heterocycles. The number of carbonyl (C=O) groups excluding carboxylic acids is 2. The Kier molecular flexibility index (Phi) is 4.71. The average molecular weight is 465 g/mol. The summed E-state index contributed by atoms with van der Waals surface area (Å²) in [6, 6.07) is 12.0. The fourth-order valence-electron chi connectivity index (χ4n) is 3.54. The molecule has 0 N–H and O–H groups in total. The molecule has 0 saturated carbocycles. The molecule has 2 aliphatic rings. The van der Waals surface area contributed by atoms with Gasteiger partial charge >= 0.3 is 172 Å². The molecule has 1 unspecified atom stereocenters. The third-order valence-corrected chi connectivity index (χ3v) is 8.44. The molecule has 1 aliphatic heterocycles. The summed E-state index contributed by atoms with van der Waals surface area (Å²) >= 11 is -0.244. The van der Waals surface area contributed by atoms with Crippen LogP contribution in [0.25, 0.3) is 5.76 Å². The zero-order chi connectivity index (χ0) is 21.0. The quantitative estimate of drug-likeness (QED) is 0.494. The maximum atomic E-state index is 12.8. The molecule has 1 aliphatic carbocycles. The van der Waals surface area contributed by atoms with Gasteiger partial charge in [-0.15, -0.1) is 0 Å². The van der Waals surface area contributed by atoms with E-state index in [-0.39, 0.29) is 19.8 Å². The van der Waals surface area contributed by atoms with Crippen molar-refractivity contribution in [1.29, 1.82) is 0 Å². The van der Waals surface area contributed by atoms with Crippen molar-refractivity contribution >= 4 is 36.7 Å². The van der Waals surface area contributed by atoms with Crippen LogP contribution in [0.1, 0.15) is 41.8 Å². The normalized spacial score (nSPS) is 20.8. The van der Waals surface area contributed by atoms with Gasteiger partial charge in [0.05, 0.1) is 0 Å². The van der Waals surface area contributed by atoms with Crippen molar-refractivity contribution in [3.05, 3.63) is 70.8 Å². The van der Waals surface area contributed by atoms with Gasteiger partial charge < -0.3 is 0 Å². The van der Waals surface area contributed by atoms with Crippen molar-refractivity contribution in [2.45, 2.75) is 36.9 Å². The van der Waals surface area contributed by atoms with Crippen LogP contribution in [0.4, 0.5) is 13.2 Å². The van der Waals surface area contributed by atoms with Crippen molar-refractivity contribution in [2.75, 3.05) is 0 Å². The molecule has 7 heteroatoms. The van der Waals surface area contributed by atoms with E-state index in [0.717, 1.165) is 16.6 Å². The van der Waals surface area contributed by atoms with Crippen LogP contribution in [0.15, 0.2) is 54.1 Å². The van der Waals surface area contributed by atoms with E-state index in [2.05, 4.69) is 0 Å². The molecule has 0 aromatic heterocycles. The molecule has 0 spiro atoms. The van der Waals surface area contributed by atoms with Gasteiger partial charge in [-0.25, -0.2) is 0 Å². The molecule has 3 nitrogen and oxygen atoms in total. The predicted octanol–water partition coefficient (Wildman–Crippen LogP) is 4.20. The number of alkyl halides is 3. The topological polar surface area (TPSA) is 43.4 Å². The molecule has 0 radical (unpaired) electrons. The van der Waals surface area contributed by atoms with E-state index < -0.39 is 28.9 Å². The zero-order valence-electron chi connectivity index (χ0n) is 15.7. The van der Waals surface area contributed by atoms with E-state index in [1.54, 1.807) is 24.3 Å². The van der Waals surface area contributed by atoms with Crippen LogP contribution in [0.3, 0.4) is 0 Å². The van der Waals surface area contributed by atoms with Crippen molar-refractivity contribution < 1.29 is 27.5 Å². The Bertz CT molecular complexity index is 1040. The summed E-state index contributed by atoms with van der Waals surface area (Å²) in [5.74, 6) is -0.638. The van der Waals surface area contributed by atoms with Crippen LogP contribution in [-0.2, 0) is 15.7 Å². The first-order valence-corrected chi connectivity index (χ1v) is 10.9. The van der Waals surface area contributed by atoms with Gasteiger partial charge in [0.2, 0.25) is 0 Å². The molecule has 29 heavy (non-hydrogen) atoms. The molecule has 150 valence electrons. The molecule has 2 aromatic carbocycles. The van der Waals surface area contributed by atoms with Gasteiger partial charge in [0.1, 0.15) is 0 Å². The molecule has 1 atom stereocenters. The van der Waals surface area contributed by atoms with Crippen LogP contribution < -0.4 is 4.46 Å². The van der Waals surface area contributed by atoms with E-state index in [9.17, 15) is 22.8 Å². The third-order valence-electron chi connectivity index (χ3n) is 5.16. The fraction of sp³-hybridized carbons (Fsp3) is 0.273. The maximum absolute atomic E-state index is 12.8. The van der Waals surface area contributed by atoms with Gasteiger partial charge in [-0.05, 0) is 0 Å². The Morgan fingerprint density at radius 3 is 2.21 bits per heavy atom. The van der Waals surface area contributed by atoms with Crippen molar-refractivity contribution in [1.82, 2.24) is 0 Å². The van der Waals surface area contributed by atoms with Crippen LogP contribution in [-0.4, -0.2) is 32.1 Å². The number of Topliss-reactive ketones (excluding diaryl/α,β-unsaturated/α-hetero) is 2. The zero-order valence-corrected chi connectivity index (χ0v) is 17.4. The number of ketones is 2. The SMILES string of the molecule is CC1(C)OC2=C(CC1[Se]c1ccc(C(F)(F)F)cc1)C(=O)C(=O)c1ccccc12. The van der Waals surface area contributed by atoms with Crippen LogP contribution >= 0.6 is 0 Å². The first-order chi connectivity index (χ1) is 13.6. The first-order valence-electron chi connectivity index (χ1n) is 9.02. The molecular weight excluding hydrogens is 448 g/mol. The molecule has 0 amide bonds.